The monoisotopic (exact) mass is 411 g/mol. The summed E-state index contributed by atoms with van der Waals surface area (Å²) in [6.07, 6.45) is 2.92. The molecule has 0 radical (unpaired) electrons. The fourth-order valence-corrected chi connectivity index (χ4v) is 3.60. The number of sulfonamides is 1. The predicted octanol–water partition coefficient (Wildman–Crippen LogP) is 2.95. The molecule has 150 valence electrons. The lowest BCUT2D eigenvalue weighted by Crippen LogP contribution is -2.36. The number of ether oxygens (including phenoxy) is 1. The van der Waals surface area contributed by atoms with Crippen molar-refractivity contribution in [1.82, 2.24) is 4.31 Å². The summed E-state index contributed by atoms with van der Waals surface area (Å²) in [7, 11) is -4.06. The molecule has 2 aromatic rings. The lowest BCUT2D eigenvalue weighted by Gasteiger charge is -2.18. The van der Waals surface area contributed by atoms with Crippen LogP contribution < -0.4 is 0 Å². The summed E-state index contributed by atoms with van der Waals surface area (Å²) in [6, 6.07) is 14.7. The molecular weight excluding hydrogens is 390 g/mol. The molecule has 1 amide bonds. The maximum atomic E-state index is 12.8. The Balaban J connectivity index is 2.07. The van der Waals surface area contributed by atoms with Gasteiger partial charge in [0.05, 0.1) is 17.0 Å². The van der Waals surface area contributed by atoms with E-state index in [-0.39, 0.29) is 18.0 Å². The van der Waals surface area contributed by atoms with Gasteiger partial charge < -0.3 is 4.74 Å². The number of carbonyl (C=O) groups excluding carboxylic acids is 2. The summed E-state index contributed by atoms with van der Waals surface area (Å²) in [4.78, 5) is 24.1. The first-order valence-corrected chi connectivity index (χ1v) is 10.2. The van der Waals surface area contributed by atoms with Gasteiger partial charge in [0, 0.05) is 0 Å². The summed E-state index contributed by atoms with van der Waals surface area (Å²) in [5.41, 5.74) is 1.31. The first-order valence-electron chi connectivity index (χ1n) is 8.79. The third kappa shape index (κ3) is 6.06. The molecular formula is C22H21NO5S. The molecule has 0 heterocycles. The van der Waals surface area contributed by atoms with E-state index < -0.39 is 21.9 Å². The van der Waals surface area contributed by atoms with Crippen molar-refractivity contribution in [3.8, 4) is 11.8 Å². The van der Waals surface area contributed by atoms with Gasteiger partial charge in [0.1, 0.15) is 6.61 Å². The van der Waals surface area contributed by atoms with Crippen LogP contribution in [0.3, 0.4) is 0 Å². The lowest BCUT2D eigenvalue weighted by molar-refractivity contribution is -0.120. The van der Waals surface area contributed by atoms with E-state index in [2.05, 4.69) is 11.8 Å². The minimum atomic E-state index is -4.06. The Labute approximate surface area is 170 Å². The first-order chi connectivity index (χ1) is 13.9. The van der Waals surface area contributed by atoms with Gasteiger partial charge in [0.25, 0.3) is 10.0 Å². The average Bonchev–Trinajstić information content (AvgIpc) is 2.71. The Morgan fingerprint density at radius 1 is 1.03 bits per heavy atom. The summed E-state index contributed by atoms with van der Waals surface area (Å²) in [5, 5.41) is 0. The molecule has 0 spiro atoms. The summed E-state index contributed by atoms with van der Waals surface area (Å²) in [6.45, 7) is 3.00. The molecule has 6 nitrogen and oxygen atoms in total. The molecule has 2 aromatic carbocycles. The second-order valence-electron chi connectivity index (χ2n) is 5.97. The molecule has 0 aliphatic carbocycles. The largest absolute Gasteiger partial charge is 0.458 e. The molecule has 0 fully saturated rings. The molecule has 29 heavy (non-hydrogen) atoms. The van der Waals surface area contributed by atoms with Crippen LogP contribution in [-0.4, -0.2) is 37.8 Å². The molecule has 0 aromatic heterocycles. The Bertz CT molecular complexity index is 1050. The van der Waals surface area contributed by atoms with Crippen LogP contribution in [0.5, 0.6) is 0 Å². The Morgan fingerprint density at radius 2 is 1.69 bits per heavy atom. The van der Waals surface area contributed by atoms with Crippen LogP contribution in [0, 0.1) is 18.8 Å². The number of rotatable bonds is 7. The van der Waals surface area contributed by atoms with Crippen LogP contribution in [-0.2, 0) is 19.6 Å². The standard InChI is InChI=1S/C22H21NO5S/c1-3-9-21(24)23(29(26,27)20-14-12-18(2)13-15-20)16-7-8-17-28-22(25)19-10-5-4-6-11-19/h4-8,10-15H,16-17H2,1-2H3/b8-7-. The van der Waals surface area contributed by atoms with Crippen LogP contribution in [0.2, 0.25) is 0 Å². The number of amides is 1. The second kappa shape index (κ2) is 10.2. The van der Waals surface area contributed by atoms with E-state index in [4.69, 9.17) is 4.74 Å². The predicted molar refractivity (Wildman–Crippen MR) is 109 cm³/mol. The number of hydrogen-bond acceptors (Lipinski definition) is 5. The zero-order chi connectivity index (χ0) is 21.3. The quantitative estimate of drug-likeness (QED) is 0.398. The Kier molecular flexibility index (Phi) is 7.75. The maximum absolute atomic E-state index is 12.8. The van der Waals surface area contributed by atoms with Crippen LogP contribution in [0.25, 0.3) is 0 Å². The highest BCUT2D eigenvalue weighted by Crippen LogP contribution is 2.16. The van der Waals surface area contributed by atoms with Gasteiger partial charge in [-0.2, -0.15) is 0 Å². The van der Waals surface area contributed by atoms with Gasteiger partial charge in [-0.25, -0.2) is 17.5 Å². The van der Waals surface area contributed by atoms with Crippen molar-refractivity contribution in [2.75, 3.05) is 13.2 Å². The second-order valence-corrected chi connectivity index (χ2v) is 7.83. The smallest absolute Gasteiger partial charge is 0.338 e. The maximum Gasteiger partial charge on any atom is 0.338 e. The molecule has 0 saturated carbocycles. The Morgan fingerprint density at radius 3 is 2.31 bits per heavy atom. The number of carbonyl (C=O) groups is 2. The molecule has 0 aliphatic rings. The SMILES string of the molecule is CC#CC(=O)N(C/C=C\COC(=O)c1ccccc1)S(=O)(=O)c1ccc(C)cc1. The van der Waals surface area contributed by atoms with Crippen LogP contribution >= 0.6 is 0 Å². The van der Waals surface area contributed by atoms with Gasteiger partial charge in [-0.15, -0.1) is 0 Å². The van der Waals surface area contributed by atoms with Crippen molar-refractivity contribution in [3.05, 3.63) is 77.9 Å². The minimum absolute atomic E-state index is 0.00161. The number of nitrogens with zero attached hydrogens (tertiary/aromatic N) is 1. The molecule has 0 bridgehead atoms. The molecule has 0 N–H and O–H groups in total. The topological polar surface area (TPSA) is 80.8 Å². The van der Waals surface area contributed by atoms with E-state index in [9.17, 15) is 18.0 Å². The molecule has 0 atom stereocenters. The fourth-order valence-electron chi connectivity index (χ4n) is 2.32. The minimum Gasteiger partial charge on any atom is -0.458 e. The Hall–Kier alpha value is -3.37. The molecule has 7 heteroatoms. The highest BCUT2D eigenvalue weighted by atomic mass is 32.2. The van der Waals surface area contributed by atoms with Gasteiger partial charge in [-0.1, -0.05) is 47.9 Å². The van der Waals surface area contributed by atoms with Crippen molar-refractivity contribution in [2.24, 2.45) is 0 Å². The number of esters is 1. The van der Waals surface area contributed by atoms with Crippen molar-refractivity contribution < 1.29 is 22.7 Å². The van der Waals surface area contributed by atoms with Crippen molar-refractivity contribution in [3.63, 3.8) is 0 Å². The van der Waals surface area contributed by atoms with E-state index in [1.807, 2.05) is 6.92 Å². The van der Waals surface area contributed by atoms with Gasteiger partial charge in [0.2, 0.25) is 0 Å². The molecule has 0 aliphatic heterocycles. The molecule has 0 unspecified atom stereocenters. The highest BCUT2D eigenvalue weighted by molar-refractivity contribution is 7.89. The zero-order valence-electron chi connectivity index (χ0n) is 16.2. The number of aryl methyl sites for hydroxylation is 1. The van der Waals surface area contributed by atoms with E-state index in [0.717, 1.165) is 5.56 Å². The molecule has 2 rings (SSSR count). The van der Waals surface area contributed by atoms with E-state index >= 15 is 0 Å². The number of benzene rings is 2. The first kappa shape index (κ1) is 21.9. The van der Waals surface area contributed by atoms with Crippen LogP contribution in [0.4, 0.5) is 0 Å². The van der Waals surface area contributed by atoms with Gasteiger partial charge in [-0.05, 0) is 50.1 Å². The lowest BCUT2D eigenvalue weighted by atomic mass is 10.2. The van der Waals surface area contributed by atoms with Gasteiger partial charge in [0.15, 0.2) is 0 Å². The summed E-state index contributed by atoms with van der Waals surface area (Å²) < 4.78 is 31.4. The summed E-state index contributed by atoms with van der Waals surface area (Å²) in [5.74, 6) is 3.34. The van der Waals surface area contributed by atoms with Crippen molar-refractivity contribution in [1.29, 1.82) is 0 Å². The molecule has 0 saturated heterocycles. The summed E-state index contributed by atoms with van der Waals surface area (Å²) >= 11 is 0. The van der Waals surface area contributed by atoms with E-state index in [1.165, 1.54) is 31.2 Å². The van der Waals surface area contributed by atoms with Crippen molar-refractivity contribution >= 4 is 21.9 Å². The van der Waals surface area contributed by atoms with Gasteiger partial charge in [-0.3, -0.25) is 4.79 Å². The van der Waals surface area contributed by atoms with Crippen molar-refractivity contribution in [2.45, 2.75) is 18.7 Å². The third-order valence-corrected chi connectivity index (χ3v) is 5.59. The van der Waals surface area contributed by atoms with Crippen LogP contribution in [0.15, 0.2) is 71.6 Å². The van der Waals surface area contributed by atoms with E-state index in [0.29, 0.717) is 9.87 Å². The van der Waals surface area contributed by atoms with Crippen LogP contribution in [0.1, 0.15) is 22.8 Å². The third-order valence-electron chi connectivity index (χ3n) is 3.83. The van der Waals surface area contributed by atoms with E-state index in [1.54, 1.807) is 42.5 Å². The highest BCUT2D eigenvalue weighted by Gasteiger charge is 2.27. The number of hydrogen-bond donors (Lipinski definition) is 0. The fraction of sp³-hybridized carbons (Fsp3) is 0.182. The zero-order valence-corrected chi connectivity index (χ0v) is 17.0. The average molecular weight is 411 g/mol. The van der Waals surface area contributed by atoms with Gasteiger partial charge >= 0.3 is 11.9 Å². The normalized spacial score (nSPS) is 10.8.